The van der Waals surface area contributed by atoms with Crippen molar-refractivity contribution in [1.29, 1.82) is 0 Å². The number of anilines is 1. The molecule has 1 aromatic rings. The van der Waals surface area contributed by atoms with E-state index in [1.807, 2.05) is 0 Å². The summed E-state index contributed by atoms with van der Waals surface area (Å²) < 4.78 is 0. The van der Waals surface area contributed by atoms with E-state index in [0.29, 0.717) is 23.3 Å². The number of nitrogens with one attached hydrogen (secondary N) is 2. The van der Waals surface area contributed by atoms with E-state index in [2.05, 4.69) is 10.6 Å². The van der Waals surface area contributed by atoms with Crippen molar-refractivity contribution in [3.05, 3.63) is 29.3 Å². The predicted octanol–water partition coefficient (Wildman–Crippen LogP) is 1.17. The summed E-state index contributed by atoms with van der Waals surface area (Å²) in [4.78, 5) is 23.7. The van der Waals surface area contributed by atoms with Crippen LogP contribution in [0.5, 0.6) is 0 Å². The third kappa shape index (κ3) is 2.18. The van der Waals surface area contributed by atoms with Gasteiger partial charge in [0, 0.05) is 23.3 Å². The minimum Gasteiger partial charge on any atom is -0.366 e. The number of nitrogens with two attached hydrogens (primary N) is 1. The van der Waals surface area contributed by atoms with Gasteiger partial charge in [0.15, 0.2) is 0 Å². The molecule has 2 heterocycles. The summed E-state index contributed by atoms with van der Waals surface area (Å²) in [6, 6.07) is 6.02. The minimum atomic E-state index is -0.472. The lowest BCUT2D eigenvalue weighted by atomic mass is 9.88. The van der Waals surface area contributed by atoms with Crippen molar-refractivity contribution in [3.63, 3.8) is 0 Å². The van der Waals surface area contributed by atoms with Crippen LogP contribution in [0.3, 0.4) is 0 Å². The van der Waals surface area contributed by atoms with Crippen molar-refractivity contribution in [3.8, 4) is 0 Å². The fourth-order valence-electron chi connectivity index (χ4n) is 3.38. The van der Waals surface area contributed by atoms with Crippen LogP contribution < -0.4 is 16.4 Å². The van der Waals surface area contributed by atoms with Gasteiger partial charge in [-0.2, -0.15) is 0 Å². The van der Waals surface area contributed by atoms with E-state index in [1.54, 1.807) is 25.1 Å². The zero-order chi connectivity index (χ0) is 14.3. The number of hydrogen-bond acceptors (Lipinski definition) is 3. The maximum atomic E-state index is 12.4. The number of benzene rings is 1. The van der Waals surface area contributed by atoms with Crippen molar-refractivity contribution in [2.24, 2.45) is 11.7 Å². The maximum Gasteiger partial charge on any atom is 0.249 e. The Bertz CT molecular complexity index is 570. The summed E-state index contributed by atoms with van der Waals surface area (Å²) in [7, 11) is 0. The van der Waals surface area contributed by atoms with Gasteiger partial charge in [0.1, 0.15) is 0 Å². The van der Waals surface area contributed by atoms with E-state index < -0.39 is 5.91 Å². The molecule has 1 aromatic carbocycles. The zero-order valence-electron chi connectivity index (χ0n) is 11.5. The molecule has 5 heteroatoms. The summed E-state index contributed by atoms with van der Waals surface area (Å²) >= 11 is 0. The molecule has 2 fully saturated rings. The van der Waals surface area contributed by atoms with E-state index in [9.17, 15) is 9.59 Å². The second kappa shape index (κ2) is 4.90. The van der Waals surface area contributed by atoms with Gasteiger partial charge >= 0.3 is 0 Å². The third-order valence-corrected chi connectivity index (χ3v) is 4.49. The molecule has 20 heavy (non-hydrogen) atoms. The SMILES string of the molecule is Cc1c(NC(=O)C2CC3CCC2N3)cccc1C(N)=O. The fraction of sp³-hybridized carbons (Fsp3) is 0.467. The molecule has 2 aliphatic rings. The molecule has 0 spiro atoms. The highest BCUT2D eigenvalue weighted by Gasteiger charge is 2.42. The molecular formula is C15H19N3O2. The average molecular weight is 273 g/mol. The highest BCUT2D eigenvalue weighted by molar-refractivity contribution is 5.99. The molecule has 4 N–H and O–H groups in total. The molecule has 0 radical (unpaired) electrons. The molecule has 0 aliphatic carbocycles. The molecule has 5 nitrogen and oxygen atoms in total. The van der Waals surface area contributed by atoms with Crippen molar-refractivity contribution in [1.82, 2.24) is 5.32 Å². The molecule has 2 bridgehead atoms. The molecule has 0 aromatic heterocycles. The lowest BCUT2D eigenvalue weighted by Gasteiger charge is -2.20. The van der Waals surface area contributed by atoms with Crippen LogP contribution in [0.2, 0.25) is 0 Å². The number of amides is 2. The van der Waals surface area contributed by atoms with Gasteiger partial charge in [-0.25, -0.2) is 0 Å². The van der Waals surface area contributed by atoms with Crippen LogP contribution in [0.25, 0.3) is 0 Å². The minimum absolute atomic E-state index is 0.0328. The first-order valence-electron chi connectivity index (χ1n) is 7.02. The van der Waals surface area contributed by atoms with Gasteiger partial charge in [-0.3, -0.25) is 9.59 Å². The highest BCUT2D eigenvalue weighted by atomic mass is 16.2. The summed E-state index contributed by atoms with van der Waals surface area (Å²) in [6.07, 6.45) is 3.15. The van der Waals surface area contributed by atoms with E-state index in [4.69, 9.17) is 5.73 Å². The van der Waals surface area contributed by atoms with Crippen LogP contribution >= 0.6 is 0 Å². The Hall–Kier alpha value is -1.88. The molecule has 106 valence electrons. The van der Waals surface area contributed by atoms with Crippen molar-refractivity contribution >= 4 is 17.5 Å². The van der Waals surface area contributed by atoms with E-state index >= 15 is 0 Å². The number of carbonyl (C=O) groups excluding carboxylic acids is 2. The van der Waals surface area contributed by atoms with Crippen LogP contribution in [0, 0.1) is 12.8 Å². The largest absolute Gasteiger partial charge is 0.366 e. The first kappa shape index (κ1) is 13.1. The second-order valence-electron chi connectivity index (χ2n) is 5.72. The zero-order valence-corrected chi connectivity index (χ0v) is 11.5. The van der Waals surface area contributed by atoms with Crippen molar-refractivity contribution in [2.45, 2.75) is 38.3 Å². The second-order valence-corrected chi connectivity index (χ2v) is 5.72. The number of fused-ring (bicyclic) bond motifs is 2. The molecule has 3 rings (SSSR count). The molecular weight excluding hydrogens is 254 g/mol. The van der Waals surface area contributed by atoms with Gasteiger partial charge in [-0.15, -0.1) is 0 Å². The summed E-state index contributed by atoms with van der Waals surface area (Å²) in [6.45, 7) is 1.80. The molecule has 3 unspecified atom stereocenters. The average Bonchev–Trinajstić information content (AvgIpc) is 3.03. The van der Waals surface area contributed by atoms with Crippen LogP contribution in [0.4, 0.5) is 5.69 Å². The van der Waals surface area contributed by atoms with Gasteiger partial charge in [0.05, 0.1) is 5.92 Å². The van der Waals surface area contributed by atoms with Crippen molar-refractivity contribution in [2.75, 3.05) is 5.32 Å². The van der Waals surface area contributed by atoms with Crippen LogP contribution in [0.15, 0.2) is 18.2 Å². The monoisotopic (exact) mass is 273 g/mol. The number of carbonyl (C=O) groups is 2. The Balaban J connectivity index is 1.76. The van der Waals surface area contributed by atoms with Gasteiger partial charge in [0.25, 0.3) is 0 Å². The summed E-state index contributed by atoms with van der Waals surface area (Å²) in [5, 5.41) is 6.40. The van der Waals surface area contributed by atoms with Crippen LogP contribution in [-0.4, -0.2) is 23.9 Å². The Kier molecular flexibility index (Phi) is 3.22. The Morgan fingerprint density at radius 1 is 1.35 bits per heavy atom. The summed E-state index contributed by atoms with van der Waals surface area (Å²) in [5.74, 6) is -0.403. The Morgan fingerprint density at radius 2 is 2.15 bits per heavy atom. The topological polar surface area (TPSA) is 84.2 Å². The Labute approximate surface area is 117 Å². The van der Waals surface area contributed by atoms with Crippen LogP contribution in [0.1, 0.15) is 35.2 Å². The standard InChI is InChI=1S/C15H19N3O2/c1-8-10(14(16)19)3-2-4-12(8)18-15(20)11-7-9-5-6-13(11)17-9/h2-4,9,11,13,17H,5-7H2,1H3,(H2,16,19)(H,18,20). The third-order valence-electron chi connectivity index (χ3n) is 4.49. The van der Waals surface area contributed by atoms with E-state index in [0.717, 1.165) is 18.4 Å². The summed E-state index contributed by atoms with van der Waals surface area (Å²) in [5.41, 5.74) is 7.18. The number of primary amides is 1. The van der Waals surface area contributed by atoms with Crippen LogP contribution in [-0.2, 0) is 4.79 Å². The molecule has 2 amide bonds. The van der Waals surface area contributed by atoms with E-state index in [-0.39, 0.29) is 11.8 Å². The van der Waals surface area contributed by atoms with Gasteiger partial charge in [-0.1, -0.05) is 6.07 Å². The smallest absolute Gasteiger partial charge is 0.249 e. The van der Waals surface area contributed by atoms with E-state index in [1.165, 1.54) is 6.42 Å². The lowest BCUT2D eigenvalue weighted by molar-refractivity contribution is -0.120. The molecule has 3 atom stereocenters. The maximum absolute atomic E-state index is 12.4. The Morgan fingerprint density at radius 3 is 2.75 bits per heavy atom. The first-order chi connectivity index (χ1) is 9.56. The molecule has 2 saturated heterocycles. The fourth-order valence-corrected chi connectivity index (χ4v) is 3.38. The number of rotatable bonds is 3. The van der Waals surface area contributed by atoms with Gasteiger partial charge in [0.2, 0.25) is 11.8 Å². The van der Waals surface area contributed by atoms with Crippen molar-refractivity contribution < 1.29 is 9.59 Å². The molecule has 2 aliphatic heterocycles. The molecule has 0 saturated carbocycles. The highest BCUT2D eigenvalue weighted by Crippen LogP contribution is 2.34. The lowest BCUT2D eigenvalue weighted by Crippen LogP contribution is -2.33. The number of hydrogen-bond donors (Lipinski definition) is 3. The quantitative estimate of drug-likeness (QED) is 0.773. The normalized spacial score (nSPS) is 27.6. The first-order valence-corrected chi connectivity index (χ1v) is 7.02. The predicted molar refractivity (Wildman–Crippen MR) is 76.4 cm³/mol. The van der Waals surface area contributed by atoms with Gasteiger partial charge in [-0.05, 0) is 43.9 Å². The van der Waals surface area contributed by atoms with Gasteiger partial charge < -0.3 is 16.4 Å².